The highest BCUT2D eigenvalue weighted by molar-refractivity contribution is 6.06. The number of fused-ring (bicyclic) bond motifs is 1. The van der Waals surface area contributed by atoms with Crippen molar-refractivity contribution < 1.29 is 33.4 Å². The molecule has 2 aliphatic rings. The maximum absolute atomic E-state index is 14.1. The van der Waals surface area contributed by atoms with Crippen LogP contribution in [0, 0.1) is 5.82 Å². The fraction of sp³-hybridized carbons (Fsp3) is 0.286. The number of ether oxygens (including phenoxy) is 2. The van der Waals surface area contributed by atoms with Crippen LogP contribution in [-0.2, 0) is 22.7 Å². The molecule has 1 atom stereocenters. The van der Waals surface area contributed by atoms with Crippen molar-refractivity contribution >= 4 is 17.7 Å². The summed E-state index contributed by atoms with van der Waals surface area (Å²) in [7, 11) is 1.47. The van der Waals surface area contributed by atoms with Gasteiger partial charge in [-0.2, -0.15) is 0 Å². The molecule has 0 spiro atoms. The zero-order valence-corrected chi connectivity index (χ0v) is 16.1. The molecular formula is C21H19FN2O6. The molecule has 2 aromatic carbocycles. The van der Waals surface area contributed by atoms with E-state index in [0.717, 1.165) is 4.90 Å². The molecule has 2 aliphatic heterocycles. The molecule has 30 heavy (non-hydrogen) atoms. The normalized spacial score (nSPS) is 20.8. The maximum atomic E-state index is 14.1. The Morgan fingerprint density at radius 3 is 2.77 bits per heavy atom. The number of aliphatic hydroxyl groups is 1. The van der Waals surface area contributed by atoms with Crippen molar-refractivity contribution in [2.45, 2.75) is 31.7 Å². The average molecular weight is 414 g/mol. The number of halogens is 1. The Kier molecular flexibility index (Phi) is 4.90. The van der Waals surface area contributed by atoms with Crippen LogP contribution >= 0.6 is 0 Å². The lowest BCUT2D eigenvalue weighted by atomic mass is 10.00. The highest BCUT2D eigenvalue weighted by Gasteiger charge is 2.51. The van der Waals surface area contributed by atoms with Gasteiger partial charge < -0.3 is 14.6 Å². The number of nitrogens with zero attached hydrogens (tertiary/aromatic N) is 1. The molecule has 156 valence electrons. The number of carbonyl (C=O) groups is 3. The van der Waals surface area contributed by atoms with E-state index in [1.165, 1.54) is 25.3 Å². The molecule has 8 nitrogen and oxygen atoms in total. The van der Waals surface area contributed by atoms with E-state index in [9.17, 15) is 23.9 Å². The molecule has 2 N–H and O–H groups in total. The Balaban J connectivity index is 1.58. The summed E-state index contributed by atoms with van der Waals surface area (Å²) in [5.41, 5.74) is -1.10. The Labute approximate surface area is 171 Å². The van der Waals surface area contributed by atoms with Gasteiger partial charge >= 0.3 is 0 Å². The first-order valence-corrected chi connectivity index (χ1v) is 9.29. The molecule has 1 saturated heterocycles. The first kappa shape index (κ1) is 19.8. The summed E-state index contributed by atoms with van der Waals surface area (Å²) in [4.78, 5) is 37.5. The van der Waals surface area contributed by atoms with E-state index >= 15 is 0 Å². The third-order valence-electron chi connectivity index (χ3n) is 5.32. The van der Waals surface area contributed by atoms with Crippen LogP contribution in [0.3, 0.4) is 0 Å². The first-order valence-electron chi connectivity index (χ1n) is 9.29. The number of piperidine rings is 1. The number of nitrogens with one attached hydrogen (secondary N) is 1. The predicted molar refractivity (Wildman–Crippen MR) is 101 cm³/mol. The van der Waals surface area contributed by atoms with Gasteiger partial charge in [0, 0.05) is 29.5 Å². The predicted octanol–water partition coefficient (Wildman–Crippen LogP) is 1.49. The fourth-order valence-electron chi connectivity index (χ4n) is 3.63. The van der Waals surface area contributed by atoms with Crippen molar-refractivity contribution in [2.24, 2.45) is 0 Å². The Morgan fingerprint density at radius 2 is 2.03 bits per heavy atom. The minimum absolute atomic E-state index is 0.0803. The van der Waals surface area contributed by atoms with Gasteiger partial charge in [-0.1, -0.05) is 6.07 Å². The molecule has 4 rings (SSSR count). The molecule has 1 unspecified atom stereocenters. The number of imide groups is 1. The molecule has 9 heteroatoms. The van der Waals surface area contributed by atoms with Crippen LogP contribution in [0.4, 0.5) is 4.39 Å². The fourth-order valence-corrected chi connectivity index (χ4v) is 3.63. The average Bonchev–Trinajstić information content (AvgIpc) is 3.08. The van der Waals surface area contributed by atoms with Crippen molar-refractivity contribution in [3.63, 3.8) is 0 Å². The Hall–Kier alpha value is -3.46. The summed E-state index contributed by atoms with van der Waals surface area (Å²) in [5, 5.41) is 12.9. The van der Waals surface area contributed by atoms with E-state index in [-0.39, 0.29) is 37.1 Å². The van der Waals surface area contributed by atoms with Gasteiger partial charge in [0.05, 0.1) is 13.7 Å². The number of methoxy groups -OCH3 is 1. The highest BCUT2D eigenvalue weighted by atomic mass is 19.1. The van der Waals surface area contributed by atoms with Gasteiger partial charge in [0.25, 0.3) is 11.8 Å². The van der Waals surface area contributed by atoms with Crippen molar-refractivity contribution in [2.75, 3.05) is 7.11 Å². The zero-order chi connectivity index (χ0) is 21.5. The molecule has 0 radical (unpaired) electrons. The highest BCUT2D eigenvalue weighted by Crippen LogP contribution is 2.37. The third kappa shape index (κ3) is 3.26. The topological polar surface area (TPSA) is 105 Å². The van der Waals surface area contributed by atoms with Gasteiger partial charge in [-0.15, -0.1) is 0 Å². The van der Waals surface area contributed by atoms with Gasteiger partial charge in [0.1, 0.15) is 23.9 Å². The molecule has 2 heterocycles. The standard InChI is InChI=1S/C21H19FN2O6/c1-29-13-5-6-16(22)12(9-13)11-30-17-4-2-3-14-15(17)10-24(19(14)26)21(28)8-7-18(25)23-20(21)27/h2-6,9,28H,7-8,10-11H2,1H3,(H,23,25,27). The van der Waals surface area contributed by atoms with Crippen LogP contribution < -0.4 is 14.8 Å². The molecule has 0 aliphatic carbocycles. The van der Waals surface area contributed by atoms with Crippen LogP contribution in [0.2, 0.25) is 0 Å². The second-order valence-electron chi connectivity index (χ2n) is 7.11. The summed E-state index contributed by atoms with van der Waals surface area (Å²) in [6.07, 6.45) is -0.274. The second-order valence-corrected chi connectivity index (χ2v) is 7.11. The van der Waals surface area contributed by atoms with Crippen LogP contribution in [0.1, 0.15) is 34.3 Å². The van der Waals surface area contributed by atoms with Crippen LogP contribution in [-0.4, -0.2) is 40.6 Å². The van der Waals surface area contributed by atoms with E-state index in [2.05, 4.69) is 5.32 Å². The number of carbonyl (C=O) groups excluding carboxylic acids is 3. The van der Waals surface area contributed by atoms with E-state index in [4.69, 9.17) is 9.47 Å². The summed E-state index contributed by atoms with van der Waals surface area (Å²) in [5.74, 6) is -1.62. The zero-order valence-electron chi connectivity index (χ0n) is 16.1. The lowest BCUT2D eigenvalue weighted by Crippen LogP contribution is -2.63. The quantitative estimate of drug-likeness (QED) is 0.719. The van der Waals surface area contributed by atoms with Gasteiger partial charge in [-0.05, 0) is 30.3 Å². The van der Waals surface area contributed by atoms with Crippen LogP contribution in [0.15, 0.2) is 36.4 Å². The molecular weight excluding hydrogens is 395 g/mol. The Bertz CT molecular complexity index is 1060. The van der Waals surface area contributed by atoms with E-state index in [1.807, 2.05) is 0 Å². The first-order chi connectivity index (χ1) is 14.3. The van der Waals surface area contributed by atoms with Gasteiger partial charge in [0.2, 0.25) is 11.6 Å². The summed E-state index contributed by atoms with van der Waals surface area (Å²) in [6.45, 7) is -0.185. The Morgan fingerprint density at radius 1 is 1.23 bits per heavy atom. The minimum atomic E-state index is -2.12. The lowest BCUT2D eigenvalue weighted by Gasteiger charge is -2.37. The van der Waals surface area contributed by atoms with Crippen LogP contribution in [0.5, 0.6) is 11.5 Å². The molecule has 2 aromatic rings. The van der Waals surface area contributed by atoms with Crippen molar-refractivity contribution in [3.8, 4) is 11.5 Å². The number of hydrogen-bond acceptors (Lipinski definition) is 6. The molecule has 3 amide bonds. The summed E-state index contributed by atoms with van der Waals surface area (Å²) in [6, 6.07) is 9.08. The van der Waals surface area contributed by atoms with Crippen LogP contribution in [0.25, 0.3) is 0 Å². The smallest absolute Gasteiger partial charge is 0.279 e. The number of hydrogen-bond donors (Lipinski definition) is 2. The van der Waals surface area contributed by atoms with E-state index in [0.29, 0.717) is 17.1 Å². The van der Waals surface area contributed by atoms with Gasteiger partial charge in [-0.25, -0.2) is 4.39 Å². The lowest BCUT2D eigenvalue weighted by molar-refractivity contribution is -0.168. The molecule has 0 bridgehead atoms. The molecule has 1 fully saturated rings. The third-order valence-corrected chi connectivity index (χ3v) is 5.32. The number of amides is 3. The van der Waals surface area contributed by atoms with E-state index in [1.54, 1.807) is 18.2 Å². The number of benzene rings is 2. The largest absolute Gasteiger partial charge is 0.497 e. The minimum Gasteiger partial charge on any atom is -0.497 e. The van der Waals surface area contributed by atoms with Gasteiger partial charge in [0.15, 0.2) is 0 Å². The number of rotatable bonds is 5. The molecule has 0 aromatic heterocycles. The van der Waals surface area contributed by atoms with Crippen molar-refractivity contribution in [1.82, 2.24) is 10.2 Å². The summed E-state index contributed by atoms with van der Waals surface area (Å²) < 4.78 is 24.9. The van der Waals surface area contributed by atoms with Gasteiger partial charge in [-0.3, -0.25) is 24.6 Å². The second kappa shape index (κ2) is 7.42. The summed E-state index contributed by atoms with van der Waals surface area (Å²) >= 11 is 0. The monoisotopic (exact) mass is 414 g/mol. The maximum Gasteiger partial charge on any atom is 0.279 e. The molecule has 0 saturated carbocycles. The van der Waals surface area contributed by atoms with Crippen molar-refractivity contribution in [3.05, 3.63) is 58.9 Å². The SMILES string of the molecule is COc1ccc(F)c(COc2cccc3c2CN(C2(O)CCC(=O)NC2=O)C3=O)c1. The van der Waals surface area contributed by atoms with E-state index < -0.39 is 29.3 Å². The van der Waals surface area contributed by atoms with Crippen molar-refractivity contribution in [1.29, 1.82) is 0 Å².